The molecule has 0 saturated carbocycles. The first kappa shape index (κ1) is 12.7. The van der Waals surface area contributed by atoms with Crippen molar-refractivity contribution in [3.63, 3.8) is 0 Å². The lowest BCUT2D eigenvalue weighted by atomic mass is 10.0. The molecule has 0 atom stereocenters. The Bertz CT molecular complexity index is 800. The molecule has 22 heavy (non-hydrogen) atoms. The Morgan fingerprint density at radius 2 is 1.50 bits per heavy atom. The van der Waals surface area contributed by atoms with Gasteiger partial charge in [-0.05, 0) is 11.6 Å². The fraction of sp³-hybridized carbons (Fsp3) is 0. The third-order valence-electron chi connectivity index (χ3n) is 3.63. The summed E-state index contributed by atoms with van der Waals surface area (Å²) >= 11 is 0. The van der Waals surface area contributed by atoms with Crippen LogP contribution in [-0.4, -0.2) is 9.97 Å². The Morgan fingerprint density at radius 3 is 2.23 bits per heavy atom. The maximum atomic E-state index is 5.56. The molecule has 0 aliphatic heterocycles. The van der Waals surface area contributed by atoms with Crippen molar-refractivity contribution >= 4 is 0 Å². The number of nitrogens with one attached hydrogen (secondary N) is 1. The van der Waals surface area contributed by atoms with Crippen LogP contribution < -0.4 is 0 Å². The van der Waals surface area contributed by atoms with Gasteiger partial charge in [0, 0.05) is 17.3 Å². The van der Waals surface area contributed by atoms with E-state index in [2.05, 4.69) is 28.5 Å². The summed E-state index contributed by atoms with van der Waals surface area (Å²) in [6, 6.07) is 22.2. The van der Waals surface area contributed by atoms with Crippen LogP contribution in [0.5, 0.6) is 0 Å². The van der Waals surface area contributed by atoms with E-state index in [1.807, 2.05) is 60.8 Å². The van der Waals surface area contributed by atoms with Crippen molar-refractivity contribution in [2.75, 3.05) is 0 Å². The molecule has 0 saturated heterocycles. The van der Waals surface area contributed by atoms with Crippen molar-refractivity contribution in [2.45, 2.75) is 0 Å². The fourth-order valence-corrected chi connectivity index (χ4v) is 2.59. The smallest absolute Gasteiger partial charge is 0.284 e. The first-order valence-corrected chi connectivity index (χ1v) is 7.09. The molecule has 3 heteroatoms. The first-order valence-electron chi connectivity index (χ1n) is 7.09. The van der Waals surface area contributed by atoms with Gasteiger partial charge in [-0.3, -0.25) is 0 Å². The second kappa shape index (κ2) is 5.37. The summed E-state index contributed by atoms with van der Waals surface area (Å²) in [5, 5.41) is 0. The maximum absolute atomic E-state index is 5.56. The summed E-state index contributed by atoms with van der Waals surface area (Å²) in [5.74, 6) is 0.704. The van der Waals surface area contributed by atoms with E-state index < -0.39 is 0 Å². The predicted octanol–water partition coefficient (Wildman–Crippen LogP) is 4.80. The summed E-state index contributed by atoms with van der Waals surface area (Å²) in [7, 11) is 0. The molecule has 3 nitrogen and oxygen atoms in total. The molecule has 0 aliphatic rings. The molecule has 4 rings (SSSR count). The van der Waals surface area contributed by atoms with Gasteiger partial charge in [0.25, 0.3) is 6.39 Å². The summed E-state index contributed by atoms with van der Waals surface area (Å²) < 4.78 is 5.56. The molecule has 0 bridgehead atoms. The highest BCUT2D eigenvalue weighted by molar-refractivity contribution is 5.85. The van der Waals surface area contributed by atoms with E-state index in [1.165, 1.54) is 0 Å². The first-order chi connectivity index (χ1) is 10.9. The molecular weight excluding hydrogens is 272 g/mol. The molecule has 105 valence electrons. The molecule has 2 aromatic heterocycles. The van der Waals surface area contributed by atoms with Crippen LogP contribution in [0.15, 0.2) is 77.3 Å². The Labute approximate surface area is 128 Å². The van der Waals surface area contributed by atoms with Gasteiger partial charge in [-0.2, -0.15) is 0 Å². The summed E-state index contributed by atoms with van der Waals surface area (Å²) in [6.45, 7) is 0. The summed E-state index contributed by atoms with van der Waals surface area (Å²) in [4.78, 5) is 7.53. The molecule has 2 aromatic carbocycles. The molecule has 2 heterocycles. The van der Waals surface area contributed by atoms with Crippen LogP contribution >= 0.6 is 0 Å². The van der Waals surface area contributed by atoms with Gasteiger partial charge in [0.15, 0.2) is 5.76 Å². The number of nitrogens with zero attached hydrogens (tertiary/aromatic N) is 1. The van der Waals surface area contributed by atoms with Gasteiger partial charge in [-0.1, -0.05) is 60.7 Å². The number of H-pyrrole nitrogens is 1. The topological polar surface area (TPSA) is 41.8 Å². The van der Waals surface area contributed by atoms with Crippen LogP contribution in [0, 0.1) is 6.39 Å². The number of oxazole rings is 1. The predicted molar refractivity (Wildman–Crippen MR) is 86.0 cm³/mol. The van der Waals surface area contributed by atoms with Crippen molar-refractivity contribution in [2.24, 2.45) is 0 Å². The van der Waals surface area contributed by atoms with Gasteiger partial charge in [0.1, 0.15) is 5.69 Å². The maximum Gasteiger partial charge on any atom is 0.284 e. The number of hydrogen-bond donors (Lipinski definition) is 1. The van der Waals surface area contributed by atoms with E-state index >= 15 is 0 Å². The third kappa shape index (κ3) is 2.13. The van der Waals surface area contributed by atoms with Gasteiger partial charge >= 0.3 is 0 Å². The number of aromatic nitrogens is 2. The average molecular weight is 285 g/mol. The molecule has 1 radical (unpaired) electrons. The van der Waals surface area contributed by atoms with Gasteiger partial charge in [0.2, 0.25) is 0 Å². The summed E-state index contributed by atoms with van der Waals surface area (Å²) in [6.07, 6.45) is 4.53. The van der Waals surface area contributed by atoms with Crippen molar-refractivity contribution in [1.82, 2.24) is 9.97 Å². The zero-order valence-corrected chi connectivity index (χ0v) is 11.8. The number of rotatable bonds is 3. The van der Waals surface area contributed by atoms with E-state index in [0.29, 0.717) is 5.76 Å². The second-order valence-electron chi connectivity index (χ2n) is 4.98. The van der Waals surface area contributed by atoms with E-state index in [0.717, 1.165) is 28.1 Å². The zero-order chi connectivity index (χ0) is 14.8. The second-order valence-corrected chi connectivity index (χ2v) is 4.98. The molecule has 0 unspecified atom stereocenters. The van der Waals surface area contributed by atoms with E-state index in [9.17, 15) is 0 Å². The molecule has 0 amide bonds. The Hall–Kier alpha value is -3.07. The molecule has 0 fully saturated rings. The van der Waals surface area contributed by atoms with Crippen molar-refractivity contribution < 1.29 is 4.42 Å². The van der Waals surface area contributed by atoms with Crippen LogP contribution in [-0.2, 0) is 0 Å². The highest BCUT2D eigenvalue weighted by Crippen LogP contribution is 2.36. The SMILES string of the molecule is [c]1nc(-c2ccccc2)c(-c2[nH]ccc2-c2ccccc2)o1. The van der Waals surface area contributed by atoms with Crippen LogP contribution in [0.4, 0.5) is 0 Å². The van der Waals surface area contributed by atoms with Gasteiger partial charge < -0.3 is 9.40 Å². The lowest BCUT2D eigenvalue weighted by molar-refractivity contribution is 0.560. The highest BCUT2D eigenvalue weighted by atomic mass is 16.3. The van der Waals surface area contributed by atoms with Crippen molar-refractivity contribution in [1.29, 1.82) is 0 Å². The molecule has 0 aliphatic carbocycles. The summed E-state index contributed by atoms with van der Waals surface area (Å²) in [5.41, 5.74) is 4.94. The van der Waals surface area contributed by atoms with Gasteiger partial charge in [0.05, 0.1) is 5.69 Å². The molecule has 4 aromatic rings. The third-order valence-corrected chi connectivity index (χ3v) is 3.63. The Morgan fingerprint density at radius 1 is 0.818 bits per heavy atom. The Balaban J connectivity index is 1.86. The van der Waals surface area contributed by atoms with E-state index in [4.69, 9.17) is 4.42 Å². The normalized spacial score (nSPS) is 10.7. The van der Waals surface area contributed by atoms with Crippen LogP contribution in [0.2, 0.25) is 0 Å². The van der Waals surface area contributed by atoms with Gasteiger partial charge in [-0.25, -0.2) is 4.98 Å². The minimum absolute atomic E-state index is 0.704. The van der Waals surface area contributed by atoms with Crippen LogP contribution in [0.3, 0.4) is 0 Å². The Kier molecular flexibility index (Phi) is 3.09. The molecule has 0 spiro atoms. The lowest BCUT2D eigenvalue weighted by Crippen LogP contribution is -1.85. The quantitative estimate of drug-likeness (QED) is 0.587. The minimum atomic E-state index is 0.704. The molecular formula is C19H13N2O. The van der Waals surface area contributed by atoms with E-state index in [-0.39, 0.29) is 0 Å². The fourth-order valence-electron chi connectivity index (χ4n) is 2.59. The van der Waals surface area contributed by atoms with Gasteiger partial charge in [-0.15, -0.1) is 0 Å². The van der Waals surface area contributed by atoms with Crippen LogP contribution in [0.1, 0.15) is 0 Å². The zero-order valence-electron chi connectivity index (χ0n) is 11.8. The average Bonchev–Trinajstić information content (AvgIpc) is 3.25. The number of hydrogen-bond acceptors (Lipinski definition) is 2. The monoisotopic (exact) mass is 285 g/mol. The van der Waals surface area contributed by atoms with E-state index in [1.54, 1.807) is 0 Å². The largest absolute Gasteiger partial charge is 0.430 e. The molecule has 1 N–H and O–H groups in total. The van der Waals surface area contributed by atoms with Crippen molar-refractivity contribution in [3.05, 3.63) is 79.3 Å². The minimum Gasteiger partial charge on any atom is -0.430 e. The van der Waals surface area contributed by atoms with Crippen molar-refractivity contribution in [3.8, 4) is 33.8 Å². The highest BCUT2D eigenvalue weighted by Gasteiger charge is 2.18. The number of aromatic amines is 1. The number of benzene rings is 2. The lowest BCUT2D eigenvalue weighted by Gasteiger charge is -2.04. The standard InChI is InChI=1S/C19H13N2O/c1-3-7-14(8-4-1)16-11-12-20-18(16)19-17(21-13-22-19)15-9-5-2-6-10-15/h1-12,20H. The van der Waals surface area contributed by atoms with Crippen LogP contribution in [0.25, 0.3) is 33.8 Å².